The first-order valence-electron chi connectivity index (χ1n) is 3.40. The lowest BCUT2D eigenvalue weighted by atomic mass is 10.3. The van der Waals surface area contributed by atoms with Crippen molar-refractivity contribution < 1.29 is 21.6 Å². The molecule has 1 rings (SSSR count). The fraction of sp³-hybridized carbons (Fsp3) is 0.167. The predicted molar refractivity (Wildman–Crippen MR) is 45.5 cm³/mol. The molecule has 0 atom stereocenters. The largest absolute Gasteiger partial charge is 0.280 e. The molecule has 0 aliphatic carbocycles. The van der Waals surface area contributed by atoms with Crippen molar-refractivity contribution >= 4 is 21.6 Å². The van der Waals surface area contributed by atoms with Gasteiger partial charge in [0.2, 0.25) is 0 Å². The molecule has 15 heavy (non-hydrogen) atoms. The summed E-state index contributed by atoms with van der Waals surface area (Å²) in [5.74, 6) is -1.31. The van der Waals surface area contributed by atoms with Crippen molar-refractivity contribution in [2.45, 2.75) is 11.5 Å². The molecule has 2 N–H and O–H groups in total. The van der Waals surface area contributed by atoms with Crippen LogP contribution in [0.25, 0.3) is 0 Å². The second kappa shape index (κ2) is 3.95. The van der Waals surface area contributed by atoms with Gasteiger partial charge in [-0.05, 0) is 0 Å². The minimum Gasteiger partial charge on any atom is -0.232 e. The molecule has 0 spiro atoms. The van der Waals surface area contributed by atoms with Crippen LogP contribution in [0.15, 0.2) is 11.1 Å². The monoisotopic (exact) mass is 260 g/mol. The van der Waals surface area contributed by atoms with Crippen LogP contribution in [0.2, 0.25) is 5.02 Å². The fourth-order valence-corrected chi connectivity index (χ4v) is 1.79. The van der Waals surface area contributed by atoms with Crippen LogP contribution in [0.3, 0.4) is 0 Å². The van der Waals surface area contributed by atoms with E-state index in [1.807, 2.05) is 0 Å². The van der Waals surface area contributed by atoms with Gasteiger partial charge in [-0.1, -0.05) is 11.6 Å². The summed E-state index contributed by atoms with van der Waals surface area (Å²) >= 11 is 5.21. The first kappa shape index (κ1) is 12.2. The molecule has 0 aromatic carbocycles. The highest BCUT2D eigenvalue weighted by molar-refractivity contribution is 7.89. The third-order valence-corrected chi connectivity index (χ3v) is 2.70. The van der Waals surface area contributed by atoms with Crippen LogP contribution in [-0.2, 0) is 10.0 Å². The van der Waals surface area contributed by atoms with E-state index in [2.05, 4.69) is 10.1 Å². The van der Waals surface area contributed by atoms with Crippen LogP contribution >= 0.6 is 11.6 Å². The molecule has 0 fully saturated rings. The van der Waals surface area contributed by atoms with Gasteiger partial charge in [0.25, 0.3) is 16.4 Å². The van der Waals surface area contributed by atoms with Gasteiger partial charge < -0.3 is 0 Å². The Morgan fingerprint density at radius 3 is 2.40 bits per heavy atom. The molecule has 0 unspecified atom stereocenters. The Morgan fingerprint density at radius 2 is 2.00 bits per heavy atom. The van der Waals surface area contributed by atoms with Crippen LogP contribution in [0.4, 0.5) is 13.2 Å². The molecule has 0 saturated heterocycles. The van der Waals surface area contributed by atoms with Gasteiger partial charge in [-0.25, -0.2) is 31.7 Å². The van der Waals surface area contributed by atoms with Crippen LogP contribution in [0.1, 0.15) is 12.1 Å². The van der Waals surface area contributed by atoms with Crippen LogP contribution < -0.4 is 5.14 Å². The van der Waals surface area contributed by atoms with Crippen molar-refractivity contribution in [2.24, 2.45) is 5.14 Å². The first-order valence-corrected chi connectivity index (χ1v) is 5.33. The molecule has 1 aromatic heterocycles. The van der Waals surface area contributed by atoms with Gasteiger partial charge in [0.05, 0.1) is 0 Å². The number of nitrogens with zero attached hydrogens (tertiary/aromatic N) is 1. The summed E-state index contributed by atoms with van der Waals surface area (Å²) in [5.41, 5.74) is -1.04. The summed E-state index contributed by atoms with van der Waals surface area (Å²) < 4.78 is 58.8. The quantitative estimate of drug-likeness (QED) is 0.875. The normalized spacial score (nSPS) is 12.1. The van der Waals surface area contributed by atoms with Gasteiger partial charge >= 0.3 is 0 Å². The molecule has 0 amide bonds. The molecule has 1 aromatic rings. The number of sulfonamides is 1. The summed E-state index contributed by atoms with van der Waals surface area (Å²) in [6.07, 6.45) is -3.11. The number of hydrogen-bond acceptors (Lipinski definition) is 3. The lowest BCUT2D eigenvalue weighted by Crippen LogP contribution is -2.16. The zero-order valence-corrected chi connectivity index (χ0v) is 8.49. The van der Waals surface area contributed by atoms with Crippen LogP contribution in [0.5, 0.6) is 0 Å². The number of nitrogens with two attached hydrogens (primary N) is 1. The number of halogens is 4. The second-order valence-corrected chi connectivity index (χ2v) is 4.35. The van der Waals surface area contributed by atoms with Crippen molar-refractivity contribution in [1.29, 1.82) is 0 Å². The summed E-state index contributed by atoms with van der Waals surface area (Å²) in [4.78, 5) is 2.97. The maximum absolute atomic E-state index is 12.9. The van der Waals surface area contributed by atoms with E-state index in [0.29, 0.717) is 6.07 Å². The highest BCUT2D eigenvalue weighted by atomic mass is 35.5. The topological polar surface area (TPSA) is 73.1 Å². The molecular formula is C6H4ClF3N2O2S. The average molecular weight is 261 g/mol. The molecular weight excluding hydrogens is 257 g/mol. The summed E-state index contributed by atoms with van der Waals surface area (Å²) in [7, 11) is -4.43. The molecule has 0 bridgehead atoms. The van der Waals surface area contributed by atoms with Gasteiger partial charge in [-0.3, -0.25) is 0 Å². The zero-order chi connectivity index (χ0) is 11.8. The number of primary sulfonamides is 1. The van der Waals surface area contributed by atoms with Crippen LogP contribution in [0, 0.1) is 5.82 Å². The van der Waals surface area contributed by atoms with E-state index in [0.717, 1.165) is 0 Å². The lowest BCUT2D eigenvalue weighted by molar-refractivity contribution is 0.144. The number of pyridine rings is 1. The van der Waals surface area contributed by atoms with Crippen molar-refractivity contribution in [3.63, 3.8) is 0 Å². The standard InChI is InChI=1S/C6H4ClF3N2O2S/c7-4-2(8)1-3(5(9)10)12-6(4)15(11,13)14/h1,5H,(H2,11,13,14). The van der Waals surface area contributed by atoms with Crippen molar-refractivity contribution in [3.05, 3.63) is 22.6 Å². The Morgan fingerprint density at radius 1 is 1.47 bits per heavy atom. The van der Waals surface area contributed by atoms with E-state index in [9.17, 15) is 21.6 Å². The summed E-state index contributed by atoms with van der Waals surface area (Å²) in [6, 6.07) is 0.349. The number of hydrogen-bond donors (Lipinski definition) is 1. The van der Waals surface area contributed by atoms with E-state index in [1.54, 1.807) is 0 Å². The zero-order valence-electron chi connectivity index (χ0n) is 6.92. The highest BCUT2D eigenvalue weighted by Gasteiger charge is 2.22. The van der Waals surface area contributed by atoms with E-state index >= 15 is 0 Å². The fourth-order valence-electron chi connectivity index (χ4n) is 0.794. The summed E-state index contributed by atoms with van der Waals surface area (Å²) in [6.45, 7) is 0. The second-order valence-electron chi connectivity index (χ2n) is 2.49. The SMILES string of the molecule is NS(=O)(=O)c1nc(C(F)F)cc(F)c1Cl. The molecule has 4 nitrogen and oxygen atoms in total. The lowest BCUT2D eigenvalue weighted by Gasteiger charge is -2.05. The highest BCUT2D eigenvalue weighted by Crippen LogP contribution is 2.26. The Labute approximate surface area is 87.9 Å². The van der Waals surface area contributed by atoms with E-state index in [1.165, 1.54) is 0 Å². The van der Waals surface area contributed by atoms with Crippen LogP contribution in [-0.4, -0.2) is 13.4 Å². The van der Waals surface area contributed by atoms with E-state index in [4.69, 9.17) is 11.6 Å². The molecule has 0 aliphatic heterocycles. The van der Waals surface area contributed by atoms with Gasteiger partial charge in [0.15, 0.2) is 5.03 Å². The minimum atomic E-state index is -4.43. The number of alkyl halides is 2. The Kier molecular flexibility index (Phi) is 3.22. The molecule has 1 heterocycles. The number of aromatic nitrogens is 1. The van der Waals surface area contributed by atoms with Gasteiger partial charge in [-0.2, -0.15) is 0 Å². The van der Waals surface area contributed by atoms with E-state index in [-0.39, 0.29) is 0 Å². The number of rotatable bonds is 2. The molecule has 9 heteroatoms. The molecule has 0 radical (unpaired) electrons. The average Bonchev–Trinajstić information content (AvgIpc) is 2.06. The maximum atomic E-state index is 12.9. The third kappa shape index (κ3) is 2.58. The first-order chi connectivity index (χ1) is 6.73. The Bertz CT molecular complexity index is 491. The van der Waals surface area contributed by atoms with Gasteiger partial charge in [0, 0.05) is 6.07 Å². The third-order valence-electron chi connectivity index (χ3n) is 1.40. The summed E-state index contributed by atoms with van der Waals surface area (Å²) in [5, 5.41) is 2.61. The smallest absolute Gasteiger partial charge is 0.232 e. The van der Waals surface area contributed by atoms with Gasteiger partial charge in [0.1, 0.15) is 16.5 Å². The maximum Gasteiger partial charge on any atom is 0.280 e. The minimum absolute atomic E-state index is 0.349. The van der Waals surface area contributed by atoms with Crippen molar-refractivity contribution in [1.82, 2.24) is 4.98 Å². The van der Waals surface area contributed by atoms with Gasteiger partial charge in [-0.15, -0.1) is 0 Å². The predicted octanol–water partition coefficient (Wildman–Crippen LogP) is 1.46. The van der Waals surface area contributed by atoms with Crippen molar-refractivity contribution in [3.8, 4) is 0 Å². The molecule has 84 valence electrons. The Hall–Kier alpha value is -0.860. The van der Waals surface area contributed by atoms with E-state index < -0.39 is 38.0 Å². The Balaban J connectivity index is 3.52. The molecule has 0 saturated carbocycles. The van der Waals surface area contributed by atoms with Crippen molar-refractivity contribution in [2.75, 3.05) is 0 Å². The molecule has 0 aliphatic rings.